The summed E-state index contributed by atoms with van der Waals surface area (Å²) in [6, 6.07) is 4.39. The Kier molecular flexibility index (Phi) is 5.36. The van der Waals surface area contributed by atoms with Crippen LogP contribution in [0, 0.1) is 11.7 Å². The second-order valence-corrected chi connectivity index (χ2v) is 7.03. The molecule has 0 bridgehead atoms. The highest BCUT2D eigenvalue weighted by Gasteiger charge is 2.16. The van der Waals surface area contributed by atoms with Crippen LogP contribution in [0.2, 0.25) is 0 Å². The van der Waals surface area contributed by atoms with Gasteiger partial charge in [-0.1, -0.05) is 19.3 Å². The largest absolute Gasteiger partial charge is 0.354 e. The predicted molar refractivity (Wildman–Crippen MR) is 103 cm³/mol. The fourth-order valence-corrected chi connectivity index (χ4v) is 3.15. The van der Waals surface area contributed by atoms with E-state index in [0.29, 0.717) is 22.8 Å². The van der Waals surface area contributed by atoms with E-state index in [1.807, 2.05) is 0 Å². The smallest absolute Gasteiger partial charge is 0.267 e. The number of hydrogen-bond donors (Lipinski definition) is 1. The fraction of sp³-hybridized carbons (Fsp3) is 0.350. The van der Waals surface area contributed by atoms with Gasteiger partial charge < -0.3 is 5.32 Å². The molecule has 3 aromatic heterocycles. The molecule has 0 unspecified atom stereocenters. The van der Waals surface area contributed by atoms with Crippen molar-refractivity contribution in [2.45, 2.75) is 32.2 Å². The Bertz CT molecular complexity index is 1000. The minimum Gasteiger partial charge on any atom is -0.354 e. The lowest BCUT2D eigenvalue weighted by Crippen LogP contribution is -2.23. The Labute approximate surface area is 161 Å². The van der Waals surface area contributed by atoms with Crippen LogP contribution < -0.4 is 10.9 Å². The topological polar surface area (TPSA) is 85.6 Å². The molecule has 1 N–H and O–H groups in total. The minimum absolute atomic E-state index is 0.138. The lowest BCUT2D eigenvalue weighted by Gasteiger charge is -2.25. The summed E-state index contributed by atoms with van der Waals surface area (Å²) in [7, 11) is 0. The van der Waals surface area contributed by atoms with E-state index in [1.54, 1.807) is 18.5 Å². The number of aromatic nitrogens is 5. The van der Waals surface area contributed by atoms with Crippen LogP contribution in [-0.2, 0) is 6.54 Å². The lowest BCUT2D eigenvalue weighted by molar-refractivity contribution is 0.303. The summed E-state index contributed by atoms with van der Waals surface area (Å²) in [6.45, 7) is 1.01. The number of pyridine rings is 1. The van der Waals surface area contributed by atoms with Crippen molar-refractivity contribution in [3.8, 4) is 11.3 Å². The molecule has 0 radical (unpaired) electrons. The van der Waals surface area contributed by atoms with Crippen LogP contribution >= 0.6 is 0 Å². The molecule has 1 aliphatic rings. The summed E-state index contributed by atoms with van der Waals surface area (Å²) in [4.78, 5) is 24.6. The third-order valence-electron chi connectivity index (χ3n) is 4.97. The van der Waals surface area contributed by atoms with Crippen molar-refractivity contribution in [2.24, 2.45) is 5.92 Å². The first-order valence-electron chi connectivity index (χ1n) is 9.41. The van der Waals surface area contributed by atoms with E-state index in [4.69, 9.17) is 0 Å². The van der Waals surface area contributed by atoms with Gasteiger partial charge in [0.1, 0.15) is 5.82 Å². The van der Waals surface area contributed by atoms with Gasteiger partial charge in [0.2, 0.25) is 5.95 Å². The van der Waals surface area contributed by atoms with Crippen LogP contribution in [0.1, 0.15) is 31.2 Å². The van der Waals surface area contributed by atoms with Gasteiger partial charge in [0, 0.05) is 36.8 Å². The molecular formula is C20H21FN6O. The monoisotopic (exact) mass is 380 g/mol. The van der Waals surface area contributed by atoms with E-state index in [1.165, 1.54) is 42.3 Å². The number of rotatable bonds is 7. The summed E-state index contributed by atoms with van der Waals surface area (Å²) in [6.07, 6.45) is 11.1. The van der Waals surface area contributed by atoms with E-state index in [0.717, 1.165) is 25.1 Å². The number of nitrogens with zero attached hydrogens (tertiary/aromatic N) is 5. The van der Waals surface area contributed by atoms with Crippen LogP contribution in [0.15, 0.2) is 47.8 Å². The molecule has 3 aromatic rings. The van der Waals surface area contributed by atoms with E-state index in [-0.39, 0.29) is 12.1 Å². The Morgan fingerprint density at radius 3 is 2.68 bits per heavy atom. The van der Waals surface area contributed by atoms with Crippen molar-refractivity contribution in [2.75, 3.05) is 11.9 Å². The summed E-state index contributed by atoms with van der Waals surface area (Å²) in [5.74, 6) is 0.975. The van der Waals surface area contributed by atoms with E-state index >= 15 is 0 Å². The molecule has 0 atom stereocenters. The quantitative estimate of drug-likeness (QED) is 0.678. The molecule has 144 valence electrons. The highest BCUT2D eigenvalue weighted by molar-refractivity contribution is 5.56. The molecule has 1 aliphatic carbocycles. The summed E-state index contributed by atoms with van der Waals surface area (Å²) in [5, 5.41) is 7.60. The van der Waals surface area contributed by atoms with Crippen molar-refractivity contribution >= 4 is 5.95 Å². The van der Waals surface area contributed by atoms with Crippen LogP contribution in [-0.4, -0.2) is 31.3 Å². The molecule has 0 aliphatic heterocycles. The lowest BCUT2D eigenvalue weighted by atomic mass is 9.83. The van der Waals surface area contributed by atoms with Gasteiger partial charge in [-0.05, 0) is 30.0 Å². The third-order valence-corrected chi connectivity index (χ3v) is 4.97. The zero-order chi connectivity index (χ0) is 19.3. The number of nitrogens with one attached hydrogen (secondary N) is 1. The van der Waals surface area contributed by atoms with Gasteiger partial charge in [-0.15, -0.1) is 0 Å². The molecule has 1 saturated carbocycles. The Morgan fingerprint density at radius 1 is 1.14 bits per heavy atom. The molecule has 0 saturated heterocycles. The first-order valence-corrected chi connectivity index (χ1v) is 9.41. The first kappa shape index (κ1) is 18.2. The van der Waals surface area contributed by atoms with Crippen molar-refractivity contribution in [3.05, 3.63) is 64.7 Å². The minimum atomic E-state index is -0.449. The molecule has 4 rings (SSSR count). The molecule has 0 spiro atoms. The average molecular weight is 380 g/mol. The first-order chi connectivity index (χ1) is 13.7. The van der Waals surface area contributed by atoms with Crippen LogP contribution in [0.4, 0.5) is 10.3 Å². The predicted octanol–water partition coefficient (Wildman–Crippen LogP) is 2.88. The van der Waals surface area contributed by atoms with Crippen molar-refractivity contribution in [1.82, 2.24) is 24.7 Å². The average Bonchev–Trinajstić information content (AvgIpc) is 2.66. The molecular weight excluding hydrogens is 359 g/mol. The molecule has 7 nitrogen and oxygen atoms in total. The SMILES string of the molecule is O=c1ccc(-c2cnc(NCCC3CCC3)nc2)nn1Cc1cncc(F)c1. The van der Waals surface area contributed by atoms with Gasteiger partial charge >= 0.3 is 0 Å². The Hall–Kier alpha value is -3.16. The fourth-order valence-electron chi connectivity index (χ4n) is 3.15. The van der Waals surface area contributed by atoms with Gasteiger partial charge in [0.05, 0.1) is 18.4 Å². The van der Waals surface area contributed by atoms with Crippen molar-refractivity contribution in [1.29, 1.82) is 0 Å². The zero-order valence-corrected chi connectivity index (χ0v) is 15.4. The van der Waals surface area contributed by atoms with Gasteiger partial charge in [-0.25, -0.2) is 19.0 Å². The van der Waals surface area contributed by atoms with E-state index in [9.17, 15) is 9.18 Å². The molecule has 1 fully saturated rings. The maximum Gasteiger partial charge on any atom is 0.267 e. The van der Waals surface area contributed by atoms with E-state index in [2.05, 4.69) is 25.4 Å². The summed E-state index contributed by atoms with van der Waals surface area (Å²) >= 11 is 0. The molecule has 8 heteroatoms. The molecule has 28 heavy (non-hydrogen) atoms. The maximum absolute atomic E-state index is 13.3. The number of anilines is 1. The standard InChI is InChI=1S/C20H21FN6O/c21-17-8-15(9-22-12-17)13-27-19(28)5-4-18(26-27)16-10-24-20(25-11-16)23-7-6-14-2-1-3-14/h4-5,8-12,14H,1-3,6-7,13H2,(H,23,24,25). The number of halogens is 1. The highest BCUT2D eigenvalue weighted by Crippen LogP contribution is 2.29. The zero-order valence-electron chi connectivity index (χ0n) is 15.4. The van der Waals surface area contributed by atoms with Crippen molar-refractivity contribution in [3.63, 3.8) is 0 Å². The maximum atomic E-state index is 13.3. The van der Waals surface area contributed by atoms with Crippen molar-refractivity contribution < 1.29 is 4.39 Å². The van der Waals surface area contributed by atoms with E-state index < -0.39 is 5.82 Å². The van der Waals surface area contributed by atoms with Crippen LogP contribution in [0.3, 0.4) is 0 Å². The summed E-state index contributed by atoms with van der Waals surface area (Å²) < 4.78 is 14.6. The Balaban J connectivity index is 1.45. The van der Waals surface area contributed by atoms with Gasteiger partial charge in [-0.2, -0.15) is 5.10 Å². The molecule has 3 heterocycles. The van der Waals surface area contributed by atoms with Crippen LogP contribution in [0.25, 0.3) is 11.3 Å². The molecule has 0 aromatic carbocycles. The second-order valence-electron chi connectivity index (χ2n) is 7.03. The van der Waals surface area contributed by atoms with Gasteiger partial charge in [0.25, 0.3) is 5.56 Å². The highest BCUT2D eigenvalue weighted by atomic mass is 19.1. The van der Waals surface area contributed by atoms with Gasteiger partial charge in [-0.3, -0.25) is 9.78 Å². The normalized spacial score (nSPS) is 13.9. The number of hydrogen-bond acceptors (Lipinski definition) is 6. The van der Waals surface area contributed by atoms with Gasteiger partial charge in [0.15, 0.2) is 0 Å². The Morgan fingerprint density at radius 2 is 1.96 bits per heavy atom. The second kappa shape index (κ2) is 8.24. The summed E-state index contributed by atoms with van der Waals surface area (Å²) in [5.41, 5.74) is 1.57. The third kappa shape index (κ3) is 4.39. The molecule has 0 amide bonds. The van der Waals surface area contributed by atoms with Crippen LogP contribution in [0.5, 0.6) is 0 Å².